The van der Waals surface area contributed by atoms with Crippen LogP contribution in [-0.2, 0) is 4.79 Å². The zero-order valence-corrected chi connectivity index (χ0v) is 15.1. The first-order valence-corrected chi connectivity index (χ1v) is 8.93. The number of benzene rings is 2. The Balaban J connectivity index is 1.42. The Kier molecular flexibility index (Phi) is 5.89. The highest BCUT2D eigenvalue weighted by atomic mass is 16.5. The molecule has 1 amide bonds. The van der Waals surface area contributed by atoms with Gasteiger partial charge in [0.2, 0.25) is 0 Å². The third-order valence-electron chi connectivity index (χ3n) is 4.85. The predicted octanol–water partition coefficient (Wildman–Crippen LogP) is 1.97. The Bertz CT molecular complexity index is 711. The van der Waals surface area contributed by atoms with E-state index < -0.39 is 0 Å². The van der Waals surface area contributed by atoms with E-state index in [4.69, 9.17) is 4.74 Å². The van der Waals surface area contributed by atoms with Crippen molar-refractivity contribution in [2.75, 3.05) is 46.4 Å². The van der Waals surface area contributed by atoms with Gasteiger partial charge in [0.15, 0.2) is 6.61 Å². The fraction of sp³-hybridized carbons (Fsp3) is 0.450. The lowest BCUT2D eigenvalue weighted by molar-refractivity contribution is -0.123. The summed E-state index contributed by atoms with van der Waals surface area (Å²) in [6, 6.07) is 14.3. The molecular formula is C20H27N3O2. The van der Waals surface area contributed by atoms with Crippen molar-refractivity contribution in [1.82, 2.24) is 15.1 Å². The van der Waals surface area contributed by atoms with Crippen LogP contribution in [-0.4, -0.2) is 68.1 Å². The minimum absolute atomic E-state index is 0.0494. The molecule has 1 fully saturated rings. The molecule has 1 unspecified atom stereocenters. The van der Waals surface area contributed by atoms with Gasteiger partial charge in [0.05, 0.1) is 0 Å². The quantitative estimate of drug-likeness (QED) is 0.873. The summed E-state index contributed by atoms with van der Waals surface area (Å²) < 4.78 is 5.64. The summed E-state index contributed by atoms with van der Waals surface area (Å²) in [5.74, 6) is 0.648. The second-order valence-electron chi connectivity index (χ2n) is 6.79. The molecule has 1 aliphatic rings. The van der Waals surface area contributed by atoms with Gasteiger partial charge >= 0.3 is 0 Å². The summed E-state index contributed by atoms with van der Waals surface area (Å²) in [6.07, 6.45) is 0. The van der Waals surface area contributed by atoms with Crippen molar-refractivity contribution in [3.05, 3.63) is 42.5 Å². The Hall–Kier alpha value is -2.11. The van der Waals surface area contributed by atoms with E-state index >= 15 is 0 Å². The minimum atomic E-state index is -0.0749. The number of ether oxygens (including phenoxy) is 1. The molecule has 1 aliphatic heterocycles. The molecule has 0 aliphatic carbocycles. The average Bonchev–Trinajstić information content (AvgIpc) is 2.65. The number of hydrogen-bond donors (Lipinski definition) is 1. The van der Waals surface area contributed by atoms with Crippen molar-refractivity contribution >= 4 is 16.7 Å². The van der Waals surface area contributed by atoms with E-state index in [1.54, 1.807) is 0 Å². The third kappa shape index (κ3) is 4.94. The molecule has 2 aromatic rings. The lowest BCUT2D eigenvalue weighted by Crippen LogP contribution is -2.51. The van der Waals surface area contributed by atoms with Gasteiger partial charge in [-0.3, -0.25) is 9.69 Å². The number of nitrogens with one attached hydrogen (secondary N) is 1. The largest absolute Gasteiger partial charge is 0.484 e. The molecule has 0 spiro atoms. The highest BCUT2D eigenvalue weighted by Crippen LogP contribution is 2.20. The van der Waals surface area contributed by atoms with E-state index in [0.29, 0.717) is 12.6 Å². The summed E-state index contributed by atoms with van der Waals surface area (Å²) in [6.45, 7) is 7.15. The number of hydrogen-bond acceptors (Lipinski definition) is 4. The van der Waals surface area contributed by atoms with Gasteiger partial charge in [-0.1, -0.05) is 30.3 Å². The number of piperazine rings is 1. The smallest absolute Gasteiger partial charge is 0.257 e. The summed E-state index contributed by atoms with van der Waals surface area (Å²) in [5.41, 5.74) is 0. The molecule has 0 aromatic heterocycles. The monoisotopic (exact) mass is 341 g/mol. The highest BCUT2D eigenvalue weighted by Gasteiger charge is 2.19. The van der Waals surface area contributed by atoms with Gasteiger partial charge in [0, 0.05) is 38.8 Å². The number of fused-ring (bicyclic) bond motifs is 1. The van der Waals surface area contributed by atoms with Gasteiger partial charge in [-0.2, -0.15) is 0 Å². The van der Waals surface area contributed by atoms with Crippen LogP contribution in [0.5, 0.6) is 5.75 Å². The van der Waals surface area contributed by atoms with Crippen LogP contribution in [0, 0.1) is 0 Å². The van der Waals surface area contributed by atoms with E-state index in [2.05, 4.69) is 35.2 Å². The number of carbonyl (C=O) groups excluding carboxylic acids is 1. The maximum Gasteiger partial charge on any atom is 0.257 e. The molecule has 0 bridgehead atoms. The fourth-order valence-electron chi connectivity index (χ4n) is 3.11. The normalized spacial score (nSPS) is 17.4. The lowest BCUT2D eigenvalue weighted by Gasteiger charge is -2.36. The van der Waals surface area contributed by atoms with Crippen molar-refractivity contribution in [2.45, 2.75) is 13.0 Å². The molecule has 3 rings (SSSR count). The predicted molar refractivity (Wildman–Crippen MR) is 101 cm³/mol. The molecule has 0 radical (unpaired) electrons. The molecule has 134 valence electrons. The van der Waals surface area contributed by atoms with Crippen molar-refractivity contribution in [3.8, 4) is 5.75 Å². The number of carbonyl (C=O) groups is 1. The number of amides is 1. The van der Waals surface area contributed by atoms with E-state index in [1.807, 2.05) is 36.4 Å². The van der Waals surface area contributed by atoms with Gasteiger partial charge < -0.3 is 15.0 Å². The van der Waals surface area contributed by atoms with Gasteiger partial charge in [-0.15, -0.1) is 0 Å². The topological polar surface area (TPSA) is 44.8 Å². The lowest BCUT2D eigenvalue weighted by atomic mass is 10.1. The van der Waals surface area contributed by atoms with Crippen LogP contribution in [0.15, 0.2) is 42.5 Å². The van der Waals surface area contributed by atoms with Gasteiger partial charge in [-0.25, -0.2) is 0 Å². The number of nitrogens with zero attached hydrogens (tertiary/aromatic N) is 2. The molecule has 2 aromatic carbocycles. The van der Waals surface area contributed by atoms with Crippen LogP contribution in [0.1, 0.15) is 6.92 Å². The first kappa shape index (κ1) is 17.7. The van der Waals surface area contributed by atoms with Gasteiger partial charge in [-0.05, 0) is 36.9 Å². The zero-order valence-electron chi connectivity index (χ0n) is 15.1. The summed E-state index contributed by atoms with van der Waals surface area (Å²) in [5, 5.41) is 5.26. The van der Waals surface area contributed by atoms with Crippen LogP contribution < -0.4 is 10.1 Å². The van der Waals surface area contributed by atoms with E-state index in [0.717, 1.165) is 37.3 Å². The highest BCUT2D eigenvalue weighted by molar-refractivity contribution is 5.84. The third-order valence-corrected chi connectivity index (χ3v) is 4.85. The Morgan fingerprint density at radius 1 is 1.12 bits per heavy atom. The molecule has 25 heavy (non-hydrogen) atoms. The standard InChI is InChI=1S/C20H27N3O2/c1-16(23-11-9-22(2)10-12-23)14-21-20(24)15-25-19-8-7-17-5-3-4-6-18(17)13-19/h3-8,13,16H,9-12,14-15H2,1-2H3,(H,21,24). The van der Waals surface area contributed by atoms with E-state index in [9.17, 15) is 4.79 Å². The van der Waals surface area contributed by atoms with Crippen LogP contribution in [0.2, 0.25) is 0 Å². The van der Waals surface area contributed by atoms with E-state index in [1.165, 1.54) is 5.39 Å². The fourth-order valence-corrected chi connectivity index (χ4v) is 3.11. The summed E-state index contributed by atoms with van der Waals surface area (Å²) in [4.78, 5) is 16.8. The Labute approximate surface area is 149 Å². The second-order valence-corrected chi connectivity index (χ2v) is 6.79. The molecular weight excluding hydrogens is 314 g/mol. The van der Waals surface area contributed by atoms with Crippen molar-refractivity contribution in [1.29, 1.82) is 0 Å². The maximum absolute atomic E-state index is 12.1. The van der Waals surface area contributed by atoms with Crippen molar-refractivity contribution in [2.24, 2.45) is 0 Å². The molecule has 1 saturated heterocycles. The first-order valence-electron chi connectivity index (χ1n) is 8.93. The summed E-state index contributed by atoms with van der Waals surface area (Å²) in [7, 11) is 2.15. The molecule has 1 atom stereocenters. The molecule has 5 heteroatoms. The van der Waals surface area contributed by atoms with Crippen molar-refractivity contribution < 1.29 is 9.53 Å². The zero-order chi connectivity index (χ0) is 17.6. The maximum atomic E-state index is 12.1. The van der Waals surface area contributed by atoms with Crippen molar-refractivity contribution in [3.63, 3.8) is 0 Å². The number of rotatable bonds is 6. The van der Waals surface area contributed by atoms with Crippen LogP contribution >= 0.6 is 0 Å². The van der Waals surface area contributed by atoms with Crippen LogP contribution in [0.4, 0.5) is 0 Å². The first-order chi connectivity index (χ1) is 12.1. The molecule has 5 nitrogen and oxygen atoms in total. The second kappa shape index (κ2) is 8.32. The average molecular weight is 341 g/mol. The number of likely N-dealkylation sites (N-methyl/N-ethyl adjacent to an activating group) is 1. The van der Waals surface area contributed by atoms with Crippen LogP contribution in [0.25, 0.3) is 10.8 Å². The Morgan fingerprint density at radius 3 is 2.60 bits per heavy atom. The van der Waals surface area contributed by atoms with E-state index in [-0.39, 0.29) is 12.5 Å². The van der Waals surface area contributed by atoms with Crippen LogP contribution in [0.3, 0.4) is 0 Å². The summed E-state index contributed by atoms with van der Waals surface area (Å²) >= 11 is 0. The molecule has 1 heterocycles. The van der Waals surface area contributed by atoms with Gasteiger partial charge in [0.25, 0.3) is 5.91 Å². The minimum Gasteiger partial charge on any atom is -0.484 e. The Morgan fingerprint density at radius 2 is 1.84 bits per heavy atom. The SMILES string of the molecule is CC(CNC(=O)COc1ccc2ccccc2c1)N1CCN(C)CC1. The molecule has 1 N–H and O–H groups in total. The van der Waals surface area contributed by atoms with Gasteiger partial charge in [0.1, 0.15) is 5.75 Å². The molecule has 0 saturated carbocycles.